The Hall–Kier alpha value is -0.780. The zero-order chi connectivity index (χ0) is 10.8. The van der Waals surface area contributed by atoms with Crippen molar-refractivity contribution >= 4 is 28.5 Å². The predicted octanol–water partition coefficient (Wildman–Crippen LogP) is 2.15. The Morgan fingerprint density at radius 2 is 2.20 bits per heavy atom. The molecule has 0 atom stereocenters. The molecule has 0 aliphatic carbocycles. The van der Waals surface area contributed by atoms with E-state index < -0.39 is 0 Å². The number of carbonyl (C=O) groups excluding carboxylic acids is 1. The summed E-state index contributed by atoms with van der Waals surface area (Å²) in [6.45, 7) is 1.76. The van der Waals surface area contributed by atoms with Crippen LogP contribution in [0.3, 0.4) is 0 Å². The molecule has 1 aliphatic rings. The Morgan fingerprint density at radius 1 is 1.47 bits per heavy atom. The van der Waals surface area contributed by atoms with Crippen molar-refractivity contribution in [3.63, 3.8) is 0 Å². The van der Waals surface area contributed by atoms with Crippen molar-refractivity contribution in [1.82, 2.24) is 4.90 Å². The van der Waals surface area contributed by atoms with Gasteiger partial charge in [-0.3, -0.25) is 4.79 Å². The van der Waals surface area contributed by atoms with E-state index in [2.05, 4.69) is 22.6 Å². The molecule has 3 nitrogen and oxygen atoms in total. The minimum absolute atomic E-state index is 0.115. The van der Waals surface area contributed by atoms with Crippen molar-refractivity contribution in [1.29, 1.82) is 0 Å². The molecule has 0 radical (unpaired) electrons. The number of hydrogen-bond donors (Lipinski definition) is 0. The highest BCUT2D eigenvalue weighted by molar-refractivity contribution is 14.1. The fourth-order valence-electron chi connectivity index (χ4n) is 1.48. The maximum atomic E-state index is 12.0. The predicted molar refractivity (Wildman–Crippen MR) is 66.2 cm³/mol. The fourth-order valence-corrected chi connectivity index (χ4v) is 2.05. The number of hydrogen-bond acceptors (Lipinski definition) is 2. The van der Waals surface area contributed by atoms with Crippen molar-refractivity contribution in [3.05, 3.63) is 27.3 Å². The third-order valence-corrected chi connectivity index (χ3v) is 3.49. The molecule has 0 bridgehead atoms. The zero-order valence-corrected chi connectivity index (χ0v) is 10.7. The van der Waals surface area contributed by atoms with Crippen molar-refractivity contribution in [2.24, 2.45) is 0 Å². The summed E-state index contributed by atoms with van der Waals surface area (Å²) in [5.74, 6) is 0.851. The molecule has 15 heavy (non-hydrogen) atoms. The number of ether oxygens (including phenoxy) is 1. The maximum Gasteiger partial charge on any atom is 0.255 e. The van der Waals surface area contributed by atoms with E-state index in [1.54, 1.807) is 7.11 Å². The summed E-state index contributed by atoms with van der Waals surface area (Å²) in [6.07, 6.45) is 1.12. The first-order valence-electron chi connectivity index (χ1n) is 4.85. The molecule has 0 unspecified atom stereocenters. The van der Waals surface area contributed by atoms with Gasteiger partial charge < -0.3 is 9.64 Å². The molecule has 1 aromatic carbocycles. The van der Waals surface area contributed by atoms with Crippen LogP contribution >= 0.6 is 22.6 Å². The minimum atomic E-state index is 0.115. The highest BCUT2D eigenvalue weighted by Gasteiger charge is 2.23. The number of methoxy groups -OCH3 is 1. The second-order valence-corrected chi connectivity index (χ2v) is 4.65. The summed E-state index contributed by atoms with van der Waals surface area (Å²) >= 11 is 2.18. The molecular formula is C11H12INO2. The monoisotopic (exact) mass is 317 g/mol. The number of likely N-dealkylation sites (tertiary alicyclic amines) is 1. The van der Waals surface area contributed by atoms with E-state index in [9.17, 15) is 4.79 Å². The van der Waals surface area contributed by atoms with E-state index >= 15 is 0 Å². The summed E-state index contributed by atoms with van der Waals surface area (Å²) in [6, 6.07) is 5.59. The van der Waals surface area contributed by atoms with Gasteiger partial charge in [0.05, 0.1) is 12.7 Å². The molecule has 2 rings (SSSR count). The van der Waals surface area contributed by atoms with Gasteiger partial charge >= 0.3 is 0 Å². The van der Waals surface area contributed by atoms with Crippen molar-refractivity contribution in [2.45, 2.75) is 6.42 Å². The largest absolute Gasteiger partial charge is 0.497 e. The minimum Gasteiger partial charge on any atom is -0.497 e. The smallest absolute Gasteiger partial charge is 0.255 e. The quantitative estimate of drug-likeness (QED) is 0.782. The van der Waals surface area contributed by atoms with E-state index in [-0.39, 0.29) is 5.91 Å². The van der Waals surface area contributed by atoms with Crippen LogP contribution in [0, 0.1) is 3.57 Å². The lowest BCUT2D eigenvalue weighted by Gasteiger charge is -2.31. The molecular weight excluding hydrogens is 305 g/mol. The number of halogens is 1. The number of rotatable bonds is 2. The lowest BCUT2D eigenvalue weighted by Crippen LogP contribution is -2.42. The van der Waals surface area contributed by atoms with Crippen molar-refractivity contribution in [2.75, 3.05) is 20.2 Å². The SMILES string of the molecule is COc1ccc(I)c(C(=O)N2CCC2)c1. The lowest BCUT2D eigenvalue weighted by molar-refractivity contribution is 0.0650. The van der Waals surface area contributed by atoms with Gasteiger partial charge in [-0.25, -0.2) is 0 Å². The Bertz CT molecular complexity index is 388. The van der Waals surface area contributed by atoms with Gasteiger partial charge in [-0.05, 0) is 47.2 Å². The molecule has 1 amide bonds. The van der Waals surface area contributed by atoms with E-state index in [1.165, 1.54) is 0 Å². The zero-order valence-electron chi connectivity index (χ0n) is 8.50. The second-order valence-electron chi connectivity index (χ2n) is 3.49. The average Bonchev–Trinajstić information content (AvgIpc) is 2.15. The average molecular weight is 317 g/mol. The molecule has 1 saturated heterocycles. The molecule has 80 valence electrons. The fraction of sp³-hybridized carbons (Fsp3) is 0.364. The van der Waals surface area contributed by atoms with Crippen LogP contribution in [0.5, 0.6) is 5.75 Å². The number of nitrogens with zero attached hydrogens (tertiary/aromatic N) is 1. The van der Waals surface area contributed by atoms with Crippen LogP contribution in [0.2, 0.25) is 0 Å². The highest BCUT2D eigenvalue weighted by Crippen LogP contribution is 2.22. The van der Waals surface area contributed by atoms with Crippen LogP contribution in [-0.4, -0.2) is 31.0 Å². The molecule has 1 aliphatic heterocycles. The molecule has 1 fully saturated rings. The van der Waals surface area contributed by atoms with Gasteiger partial charge in [-0.2, -0.15) is 0 Å². The molecule has 0 saturated carbocycles. The van der Waals surface area contributed by atoms with Gasteiger partial charge in [0, 0.05) is 16.7 Å². The highest BCUT2D eigenvalue weighted by atomic mass is 127. The van der Waals surface area contributed by atoms with Gasteiger partial charge in [0.25, 0.3) is 5.91 Å². The molecule has 4 heteroatoms. The van der Waals surface area contributed by atoms with Crippen LogP contribution in [0.1, 0.15) is 16.8 Å². The van der Waals surface area contributed by atoms with E-state index in [4.69, 9.17) is 4.74 Å². The summed E-state index contributed by atoms with van der Waals surface area (Å²) in [5, 5.41) is 0. The summed E-state index contributed by atoms with van der Waals surface area (Å²) in [7, 11) is 1.61. The first-order chi connectivity index (χ1) is 7.22. The molecule has 0 aromatic heterocycles. The Morgan fingerprint density at radius 3 is 2.73 bits per heavy atom. The molecule has 0 N–H and O–H groups in total. The van der Waals surface area contributed by atoms with Crippen molar-refractivity contribution in [3.8, 4) is 5.75 Å². The van der Waals surface area contributed by atoms with Crippen molar-refractivity contribution < 1.29 is 9.53 Å². The Kier molecular flexibility index (Phi) is 3.14. The third-order valence-electron chi connectivity index (χ3n) is 2.55. The summed E-state index contributed by atoms with van der Waals surface area (Å²) in [5.41, 5.74) is 0.745. The Labute approximate surface area is 103 Å². The van der Waals surface area contributed by atoms with Gasteiger partial charge in [0.1, 0.15) is 5.75 Å². The van der Waals surface area contributed by atoms with Crippen LogP contribution in [0.25, 0.3) is 0 Å². The number of amides is 1. The second kappa shape index (κ2) is 4.38. The first-order valence-corrected chi connectivity index (χ1v) is 5.93. The topological polar surface area (TPSA) is 29.5 Å². The summed E-state index contributed by atoms with van der Waals surface area (Å²) < 4.78 is 6.09. The van der Waals surface area contributed by atoms with Crippen LogP contribution in [0.15, 0.2) is 18.2 Å². The van der Waals surface area contributed by atoms with Gasteiger partial charge in [0.2, 0.25) is 0 Å². The summed E-state index contributed by atoms with van der Waals surface area (Å²) in [4.78, 5) is 13.8. The van der Waals surface area contributed by atoms with Gasteiger partial charge in [-0.15, -0.1) is 0 Å². The molecule has 0 spiro atoms. The van der Waals surface area contributed by atoms with Gasteiger partial charge in [-0.1, -0.05) is 0 Å². The van der Waals surface area contributed by atoms with Crippen LogP contribution in [-0.2, 0) is 0 Å². The van der Waals surface area contributed by atoms with Crippen LogP contribution < -0.4 is 4.74 Å². The lowest BCUT2D eigenvalue weighted by atomic mass is 10.1. The van der Waals surface area contributed by atoms with E-state index in [0.717, 1.165) is 34.4 Å². The molecule has 1 heterocycles. The Balaban J connectivity index is 2.28. The van der Waals surface area contributed by atoms with Crippen LogP contribution in [0.4, 0.5) is 0 Å². The number of benzene rings is 1. The standard InChI is InChI=1S/C11H12INO2/c1-15-8-3-4-10(12)9(7-8)11(14)13-5-2-6-13/h3-4,7H,2,5-6H2,1H3. The normalized spacial score (nSPS) is 14.7. The van der Waals surface area contributed by atoms with E-state index in [1.807, 2.05) is 23.1 Å². The maximum absolute atomic E-state index is 12.0. The van der Waals surface area contributed by atoms with E-state index in [0.29, 0.717) is 0 Å². The molecule has 1 aromatic rings. The number of carbonyl (C=O) groups is 1. The first kappa shape index (κ1) is 10.7. The van der Waals surface area contributed by atoms with Gasteiger partial charge in [0.15, 0.2) is 0 Å². The third kappa shape index (κ3) is 2.09.